The minimum Gasteiger partial charge on any atom is -0.464 e. The maximum absolute atomic E-state index is 12.6. The Kier molecular flexibility index (Phi) is 5.95. The smallest absolute Gasteiger partial charge is 0.227 e. The van der Waals surface area contributed by atoms with E-state index in [1.165, 1.54) is 0 Å². The molecule has 7 heteroatoms. The first kappa shape index (κ1) is 20.6. The lowest BCUT2D eigenvalue weighted by Crippen LogP contribution is -2.46. The molecule has 2 N–H and O–H groups in total. The number of nitrogens with one attached hydrogen (secondary N) is 2. The molecule has 0 saturated heterocycles. The van der Waals surface area contributed by atoms with Gasteiger partial charge in [0, 0.05) is 23.2 Å². The summed E-state index contributed by atoms with van der Waals surface area (Å²) < 4.78 is 31.9. The SMILES string of the molecule is CC(C)(C)S(=O)(=O)N[C@H]1CC[C@H](C(=O)Nc2ccc(-c3ccco3)cc2)CC1. The van der Waals surface area contributed by atoms with E-state index in [9.17, 15) is 13.2 Å². The minimum absolute atomic E-state index is 0.0112. The molecule has 1 fully saturated rings. The molecule has 28 heavy (non-hydrogen) atoms. The molecule has 0 bridgehead atoms. The van der Waals surface area contributed by atoms with Crippen LogP contribution in [-0.2, 0) is 14.8 Å². The average Bonchev–Trinajstić information content (AvgIpc) is 3.16. The molecule has 1 amide bonds. The number of anilines is 1. The zero-order valence-corrected chi connectivity index (χ0v) is 17.4. The van der Waals surface area contributed by atoms with Crippen LogP contribution in [0.3, 0.4) is 0 Å². The van der Waals surface area contributed by atoms with Crippen LogP contribution in [0.5, 0.6) is 0 Å². The predicted molar refractivity (Wildman–Crippen MR) is 110 cm³/mol. The fourth-order valence-corrected chi connectivity index (χ4v) is 4.30. The zero-order chi connectivity index (χ0) is 20.4. The quantitative estimate of drug-likeness (QED) is 0.783. The van der Waals surface area contributed by atoms with Crippen molar-refractivity contribution in [1.82, 2.24) is 4.72 Å². The first-order valence-electron chi connectivity index (χ1n) is 9.62. The van der Waals surface area contributed by atoms with E-state index in [0.717, 1.165) is 17.0 Å². The molecule has 3 rings (SSSR count). The van der Waals surface area contributed by atoms with Crippen molar-refractivity contribution < 1.29 is 17.6 Å². The highest BCUT2D eigenvalue weighted by atomic mass is 32.2. The first-order chi connectivity index (χ1) is 13.2. The van der Waals surface area contributed by atoms with Gasteiger partial charge in [-0.1, -0.05) is 0 Å². The number of hydrogen-bond acceptors (Lipinski definition) is 4. The molecule has 2 aromatic rings. The van der Waals surface area contributed by atoms with Gasteiger partial charge in [0.25, 0.3) is 0 Å². The number of sulfonamides is 1. The summed E-state index contributed by atoms with van der Waals surface area (Å²) in [6, 6.07) is 11.2. The van der Waals surface area contributed by atoms with E-state index in [-0.39, 0.29) is 17.9 Å². The molecular weight excluding hydrogens is 376 g/mol. The van der Waals surface area contributed by atoms with Crippen molar-refractivity contribution in [3.8, 4) is 11.3 Å². The van der Waals surface area contributed by atoms with Gasteiger partial charge in [0.1, 0.15) is 5.76 Å². The molecule has 0 radical (unpaired) electrons. The number of carbonyl (C=O) groups is 1. The Morgan fingerprint density at radius 3 is 2.21 bits per heavy atom. The average molecular weight is 405 g/mol. The van der Waals surface area contributed by atoms with E-state index < -0.39 is 14.8 Å². The molecule has 1 aliphatic rings. The van der Waals surface area contributed by atoms with Crippen molar-refractivity contribution in [2.24, 2.45) is 5.92 Å². The van der Waals surface area contributed by atoms with Crippen LogP contribution < -0.4 is 10.0 Å². The summed E-state index contributed by atoms with van der Waals surface area (Å²) in [7, 11) is -3.36. The second-order valence-corrected chi connectivity index (χ2v) is 10.8. The molecule has 0 unspecified atom stereocenters. The minimum atomic E-state index is -3.36. The number of amides is 1. The highest BCUT2D eigenvalue weighted by molar-refractivity contribution is 7.90. The fraction of sp³-hybridized carbons (Fsp3) is 0.476. The van der Waals surface area contributed by atoms with Gasteiger partial charge >= 0.3 is 0 Å². The maximum atomic E-state index is 12.6. The van der Waals surface area contributed by atoms with Crippen molar-refractivity contribution in [2.75, 3.05) is 5.32 Å². The molecule has 0 atom stereocenters. The normalized spacial score (nSPS) is 20.7. The van der Waals surface area contributed by atoms with Gasteiger partial charge in [-0.3, -0.25) is 4.79 Å². The summed E-state index contributed by atoms with van der Waals surface area (Å²) >= 11 is 0. The predicted octanol–water partition coefficient (Wildman–Crippen LogP) is 4.16. The summed E-state index contributed by atoms with van der Waals surface area (Å²) in [5.41, 5.74) is 1.70. The molecule has 1 aliphatic carbocycles. The third kappa shape index (κ3) is 4.83. The van der Waals surface area contributed by atoms with Crippen molar-refractivity contribution in [1.29, 1.82) is 0 Å². The maximum Gasteiger partial charge on any atom is 0.227 e. The van der Waals surface area contributed by atoms with Crippen LogP contribution in [0.25, 0.3) is 11.3 Å². The number of hydrogen-bond donors (Lipinski definition) is 2. The summed E-state index contributed by atoms with van der Waals surface area (Å²) in [5, 5.41) is 2.96. The fourth-order valence-electron chi connectivity index (χ4n) is 3.27. The number of benzene rings is 1. The topological polar surface area (TPSA) is 88.4 Å². The van der Waals surface area contributed by atoms with Crippen molar-refractivity contribution >= 4 is 21.6 Å². The Morgan fingerprint density at radius 1 is 1.04 bits per heavy atom. The van der Waals surface area contributed by atoms with Gasteiger partial charge in [0.05, 0.1) is 11.0 Å². The molecule has 1 aromatic carbocycles. The third-order valence-electron chi connectivity index (χ3n) is 5.18. The lowest BCUT2D eigenvalue weighted by Gasteiger charge is -2.30. The van der Waals surface area contributed by atoms with Gasteiger partial charge in [-0.25, -0.2) is 13.1 Å². The number of rotatable bonds is 5. The van der Waals surface area contributed by atoms with Gasteiger partial charge < -0.3 is 9.73 Å². The van der Waals surface area contributed by atoms with Crippen LogP contribution in [0.2, 0.25) is 0 Å². The highest BCUT2D eigenvalue weighted by Crippen LogP contribution is 2.28. The van der Waals surface area contributed by atoms with Crippen LogP contribution in [0, 0.1) is 5.92 Å². The second-order valence-electron chi connectivity index (χ2n) is 8.33. The van der Waals surface area contributed by atoms with Gasteiger partial charge in [0.15, 0.2) is 0 Å². The lowest BCUT2D eigenvalue weighted by molar-refractivity contribution is -0.120. The Morgan fingerprint density at radius 2 is 1.68 bits per heavy atom. The monoisotopic (exact) mass is 404 g/mol. The Hall–Kier alpha value is -2.12. The number of furan rings is 1. The summed E-state index contributed by atoms with van der Waals surface area (Å²) in [5.74, 6) is 0.678. The van der Waals surface area contributed by atoms with E-state index in [2.05, 4.69) is 10.0 Å². The van der Waals surface area contributed by atoms with E-state index in [1.54, 1.807) is 27.0 Å². The van der Waals surface area contributed by atoms with E-state index >= 15 is 0 Å². The van der Waals surface area contributed by atoms with Crippen LogP contribution in [0.15, 0.2) is 47.1 Å². The molecule has 152 valence electrons. The molecule has 0 aliphatic heterocycles. The molecular formula is C21H28N2O4S. The van der Waals surface area contributed by atoms with Crippen molar-refractivity contribution in [3.63, 3.8) is 0 Å². The third-order valence-corrected chi connectivity index (χ3v) is 7.44. The van der Waals surface area contributed by atoms with E-state index in [1.807, 2.05) is 36.4 Å². The molecule has 6 nitrogen and oxygen atoms in total. The summed E-state index contributed by atoms with van der Waals surface area (Å²) in [6.45, 7) is 5.06. The molecule has 1 aromatic heterocycles. The Balaban J connectivity index is 1.51. The van der Waals surface area contributed by atoms with Crippen molar-refractivity contribution in [3.05, 3.63) is 42.7 Å². The Bertz CT molecular complexity index is 889. The highest BCUT2D eigenvalue weighted by Gasteiger charge is 2.34. The molecule has 0 spiro atoms. The van der Waals surface area contributed by atoms with Gasteiger partial charge in [-0.2, -0.15) is 0 Å². The summed E-state index contributed by atoms with van der Waals surface area (Å²) in [4.78, 5) is 12.6. The first-order valence-corrected chi connectivity index (χ1v) is 11.1. The molecule has 1 heterocycles. The van der Waals surface area contributed by atoms with Crippen LogP contribution in [-0.4, -0.2) is 25.1 Å². The van der Waals surface area contributed by atoms with Crippen molar-refractivity contribution in [2.45, 2.75) is 57.2 Å². The van der Waals surface area contributed by atoms with E-state index in [4.69, 9.17) is 4.42 Å². The molecule has 1 saturated carbocycles. The van der Waals surface area contributed by atoms with Crippen LogP contribution in [0.4, 0.5) is 5.69 Å². The van der Waals surface area contributed by atoms with Crippen LogP contribution in [0.1, 0.15) is 46.5 Å². The Labute approximate surface area is 166 Å². The van der Waals surface area contributed by atoms with Gasteiger partial charge in [0.2, 0.25) is 15.9 Å². The van der Waals surface area contributed by atoms with Crippen LogP contribution >= 0.6 is 0 Å². The largest absolute Gasteiger partial charge is 0.464 e. The standard InChI is InChI=1S/C21H28N2O4S/c1-21(2,3)28(25,26)23-18-12-8-16(9-13-18)20(24)22-17-10-6-15(7-11-17)19-5-4-14-27-19/h4-7,10-11,14,16,18,23H,8-9,12-13H2,1-3H3,(H,22,24)/t16-,18-. The van der Waals surface area contributed by atoms with Gasteiger partial charge in [-0.05, 0) is 82.9 Å². The zero-order valence-electron chi connectivity index (χ0n) is 16.6. The summed E-state index contributed by atoms with van der Waals surface area (Å²) in [6.07, 6.45) is 4.32. The lowest BCUT2D eigenvalue weighted by atomic mass is 9.86. The number of carbonyl (C=O) groups excluding carboxylic acids is 1. The van der Waals surface area contributed by atoms with Gasteiger partial charge in [-0.15, -0.1) is 0 Å². The van der Waals surface area contributed by atoms with E-state index in [0.29, 0.717) is 25.7 Å². The second kappa shape index (κ2) is 8.09.